The smallest absolute Gasteiger partial charge is 0.0197 e. The summed E-state index contributed by atoms with van der Waals surface area (Å²) in [5, 5.41) is 3.97. The normalized spacial score (nSPS) is 39.0. The fourth-order valence-electron chi connectivity index (χ4n) is 4.01. The Morgan fingerprint density at radius 3 is 2.89 bits per heavy atom. The van der Waals surface area contributed by atoms with Gasteiger partial charge in [-0.3, -0.25) is 0 Å². The van der Waals surface area contributed by atoms with Crippen molar-refractivity contribution in [3.63, 3.8) is 0 Å². The van der Waals surface area contributed by atoms with E-state index in [4.69, 9.17) is 0 Å². The summed E-state index contributed by atoms with van der Waals surface area (Å²) in [7, 11) is 0. The van der Waals surface area contributed by atoms with Crippen molar-refractivity contribution in [3.8, 4) is 0 Å². The van der Waals surface area contributed by atoms with Crippen LogP contribution in [-0.2, 0) is 0 Å². The second-order valence-electron chi connectivity index (χ2n) is 6.36. The maximum atomic E-state index is 3.97. The predicted molar refractivity (Wildman–Crippen MR) is 80.3 cm³/mol. The molecule has 0 radical (unpaired) electrons. The van der Waals surface area contributed by atoms with E-state index in [1.54, 1.807) is 0 Å². The number of fused-ring (bicyclic) bond motifs is 1. The third-order valence-electron chi connectivity index (χ3n) is 5.04. The molecule has 2 aliphatic heterocycles. The molecule has 2 heterocycles. The average Bonchev–Trinajstić information content (AvgIpc) is 2.67. The van der Waals surface area contributed by atoms with Crippen LogP contribution in [0.15, 0.2) is 0 Å². The molecule has 0 spiro atoms. The Labute approximate surface area is 116 Å². The van der Waals surface area contributed by atoms with Crippen molar-refractivity contribution in [1.82, 2.24) is 10.2 Å². The first-order chi connectivity index (χ1) is 8.92. The summed E-state index contributed by atoms with van der Waals surface area (Å²) in [6, 6.07) is 1.64. The Morgan fingerprint density at radius 1 is 0.944 bits per heavy atom. The van der Waals surface area contributed by atoms with E-state index in [1.807, 2.05) is 0 Å². The molecule has 3 rings (SSSR count). The number of hydrogen-bond donors (Lipinski definition) is 1. The number of hydrogen-bond acceptors (Lipinski definition) is 3. The molecule has 3 unspecified atom stereocenters. The van der Waals surface area contributed by atoms with Gasteiger partial charge in [-0.1, -0.05) is 12.8 Å². The van der Waals surface area contributed by atoms with Crippen LogP contribution >= 0.6 is 11.8 Å². The molecule has 0 aromatic carbocycles. The summed E-state index contributed by atoms with van der Waals surface area (Å²) >= 11 is 2.14. The lowest BCUT2D eigenvalue weighted by atomic mass is 9.78. The van der Waals surface area contributed by atoms with E-state index in [2.05, 4.69) is 22.0 Å². The molecule has 104 valence electrons. The number of nitrogens with one attached hydrogen (secondary N) is 1. The SMILES string of the molecule is C1CCC2NC(CN3CCCSCC3)CCC2C1. The van der Waals surface area contributed by atoms with Gasteiger partial charge >= 0.3 is 0 Å². The van der Waals surface area contributed by atoms with Crippen molar-refractivity contribution >= 4 is 11.8 Å². The maximum Gasteiger partial charge on any atom is 0.0197 e. The summed E-state index contributed by atoms with van der Waals surface area (Å²) in [5.41, 5.74) is 0. The van der Waals surface area contributed by atoms with Crippen LogP contribution in [0.4, 0.5) is 0 Å². The highest BCUT2D eigenvalue weighted by atomic mass is 32.2. The molecule has 2 nitrogen and oxygen atoms in total. The van der Waals surface area contributed by atoms with Crippen LogP contribution in [0, 0.1) is 5.92 Å². The molecule has 0 aromatic heterocycles. The van der Waals surface area contributed by atoms with Crippen molar-refractivity contribution in [3.05, 3.63) is 0 Å². The number of thioether (sulfide) groups is 1. The van der Waals surface area contributed by atoms with Crippen LogP contribution in [0.5, 0.6) is 0 Å². The van der Waals surface area contributed by atoms with Crippen molar-refractivity contribution in [1.29, 1.82) is 0 Å². The van der Waals surface area contributed by atoms with E-state index in [0.29, 0.717) is 0 Å². The number of rotatable bonds is 2. The van der Waals surface area contributed by atoms with E-state index < -0.39 is 0 Å². The minimum Gasteiger partial charge on any atom is -0.310 e. The first kappa shape index (κ1) is 13.3. The molecule has 0 aromatic rings. The molecular weight excluding hydrogens is 240 g/mol. The van der Waals surface area contributed by atoms with Gasteiger partial charge in [-0.25, -0.2) is 0 Å². The summed E-state index contributed by atoms with van der Waals surface area (Å²) in [6.45, 7) is 3.96. The van der Waals surface area contributed by atoms with Gasteiger partial charge < -0.3 is 10.2 Å². The quantitative estimate of drug-likeness (QED) is 0.829. The summed E-state index contributed by atoms with van der Waals surface area (Å²) in [6.07, 6.45) is 10.2. The van der Waals surface area contributed by atoms with E-state index in [9.17, 15) is 0 Å². The maximum absolute atomic E-state index is 3.97. The first-order valence-electron chi connectivity index (χ1n) is 7.98. The zero-order valence-electron chi connectivity index (χ0n) is 11.6. The van der Waals surface area contributed by atoms with Gasteiger partial charge in [0.15, 0.2) is 0 Å². The zero-order chi connectivity index (χ0) is 12.2. The minimum atomic E-state index is 0.785. The molecule has 1 aliphatic carbocycles. The Bertz CT molecular complexity index is 251. The van der Waals surface area contributed by atoms with Gasteiger partial charge in [-0.15, -0.1) is 0 Å². The molecule has 0 bridgehead atoms. The number of nitrogens with zero attached hydrogens (tertiary/aromatic N) is 1. The minimum absolute atomic E-state index is 0.785. The van der Waals surface area contributed by atoms with Crippen molar-refractivity contribution in [2.75, 3.05) is 31.1 Å². The van der Waals surface area contributed by atoms with Gasteiger partial charge in [0.05, 0.1) is 0 Å². The monoisotopic (exact) mass is 268 g/mol. The Balaban J connectivity index is 1.48. The Morgan fingerprint density at radius 2 is 1.89 bits per heavy atom. The van der Waals surface area contributed by atoms with E-state index in [1.165, 1.54) is 76.1 Å². The predicted octanol–water partition coefficient (Wildman–Crippen LogP) is 2.74. The molecule has 2 saturated heterocycles. The van der Waals surface area contributed by atoms with Crippen LogP contribution in [0.2, 0.25) is 0 Å². The summed E-state index contributed by atoms with van der Waals surface area (Å²) in [4.78, 5) is 2.71. The van der Waals surface area contributed by atoms with Crippen molar-refractivity contribution in [2.45, 2.75) is 57.0 Å². The molecule has 0 amide bonds. The van der Waals surface area contributed by atoms with Crippen LogP contribution in [-0.4, -0.2) is 48.1 Å². The van der Waals surface area contributed by atoms with Gasteiger partial charge in [0, 0.05) is 30.9 Å². The van der Waals surface area contributed by atoms with E-state index in [-0.39, 0.29) is 0 Å². The molecule has 3 atom stereocenters. The van der Waals surface area contributed by atoms with Gasteiger partial charge in [0.2, 0.25) is 0 Å². The van der Waals surface area contributed by atoms with Crippen LogP contribution in [0.25, 0.3) is 0 Å². The second kappa shape index (κ2) is 6.62. The summed E-state index contributed by atoms with van der Waals surface area (Å²) < 4.78 is 0. The fraction of sp³-hybridized carbons (Fsp3) is 1.00. The van der Waals surface area contributed by atoms with Crippen LogP contribution in [0.1, 0.15) is 44.9 Å². The van der Waals surface area contributed by atoms with Crippen molar-refractivity contribution in [2.24, 2.45) is 5.92 Å². The molecule has 3 aliphatic rings. The molecule has 1 N–H and O–H groups in total. The van der Waals surface area contributed by atoms with Crippen molar-refractivity contribution < 1.29 is 0 Å². The third kappa shape index (κ3) is 3.43. The van der Waals surface area contributed by atoms with Gasteiger partial charge in [-0.05, 0) is 50.3 Å². The first-order valence-corrected chi connectivity index (χ1v) is 9.13. The third-order valence-corrected chi connectivity index (χ3v) is 6.09. The topological polar surface area (TPSA) is 15.3 Å². The average molecular weight is 268 g/mol. The molecule has 3 fully saturated rings. The molecule has 1 saturated carbocycles. The largest absolute Gasteiger partial charge is 0.310 e. The highest BCUT2D eigenvalue weighted by Crippen LogP contribution is 2.32. The Kier molecular flexibility index (Phi) is 4.88. The second-order valence-corrected chi connectivity index (χ2v) is 7.58. The molecule has 18 heavy (non-hydrogen) atoms. The van der Waals surface area contributed by atoms with Gasteiger partial charge in [-0.2, -0.15) is 11.8 Å². The summed E-state index contributed by atoms with van der Waals surface area (Å²) in [5.74, 6) is 3.73. The molecular formula is C15H28N2S. The zero-order valence-corrected chi connectivity index (χ0v) is 12.4. The van der Waals surface area contributed by atoms with Gasteiger partial charge in [0.1, 0.15) is 0 Å². The van der Waals surface area contributed by atoms with E-state index >= 15 is 0 Å². The highest BCUT2D eigenvalue weighted by Gasteiger charge is 2.32. The molecule has 3 heteroatoms. The Hall–Kier alpha value is 0.270. The van der Waals surface area contributed by atoms with E-state index in [0.717, 1.165) is 18.0 Å². The lowest BCUT2D eigenvalue weighted by Gasteiger charge is -2.41. The standard InChI is InChI=1S/C15H28N2S/c1-2-5-15-13(4-1)6-7-14(16-15)12-17-8-3-10-18-11-9-17/h13-16H,1-12H2. The lowest BCUT2D eigenvalue weighted by molar-refractivity contribution is 0.147. The van der Waals surface area contributed by atoms with Crippen LogP contribution < -0.4 is 5.32 Å². The fourth-order valence-corrected chi connectivity index (χ4v) is 4.93. The van der Waals surface area contributed by atoms with Crippen LogP contribution in [0.3, 0.4) is 0 Å². The van der Waals surface area contributed by atoms with Gasteiger partial charge in [0.25, 0.3) is 0 Å². The lowest BCUT2D eigenvalue weighted by Crippen LogP contribution is -2.53. The number of piperidine rings is 1. The highest BCUT2D eigenvalue weighted by molar-refractivity contribution is 7.99.